The van der Waals surface area contributed by atoms with Gasteiger partial charge in [0.15, 0.2) is 0 Å². The van der Waals surface area contributed by atoms with Gasteiger partial charge in [-0.05, 0) is 32.6 Å². The number of ether oxygens (including phenoxy) is 1. The standard InChI is InChI=1S/C13H21NO3/c1-9(2)13-7-6-12(3,4)14(13)17-8-10(13)11(15)16-5/h8-9H,6-7H2,1-5H3. The van der Waals surface area contributed by atoms with Crippen molar-refractivity contribution in [2.75, 3.05) is 7.11 Å². The van der Waals surface area contributed by atoms with Crippen molar-refractivity contribution in [3.63, 3.8) is 0 Å². The predicted molar refractivity (Wildman–Crippen MR) is 63.9 cm³/mol. The highest BCUT2D eigenvalue weighted by Gasteiger charge is 2.60. The van der Waals surface area contributed by atoms with Gasteiger partial charge in [-0.3, -0.25) is 0 Å². The zero-order valence-corrected chi connectivity index (χ0v) is 11.2. The summed E-state index contributed by atoms with van der Waals surface area (Å²) in [6.07, 6.45) is 3.50. The van der Waals surface area contributed by atoms with E-state index in [4.69, 9.17) is 9.57 Å². The van der Waals surface area contributed by atoms with Crippen LogP contribution in [-0.4, -0.2) is 29.2 Å². The molecule has 2 rings (SSSR count). The summed E-state index contributed by atoms with van der Waals surface area (Å²) in [5.41, 5.74) is 0.285. The van der Waals surface area contributed by atoms with E-state index in [-0.39, 0.29) is 17.0 Å². The number of hydrogen-bond acceptors (Lipinski definition) is 4. The zero-order chi connectivity index (χ0) is 12.8. The second-order valence-electron chi connectivity index (χ2n) is 5.81. The van der Waals surface area contributed by atoms with E-state index in [1.54, 1.807) is 6.26 Å². The Kier molecular flexibility index (Phi) is 2.73. The van der Waals surface area contributed by atoms with E-state index in [2.05, 4.69) is 27.7 Å². The van der Waals surface area contributed by atoms with Gasteiger partial charge in [0.25, 0.3) is 0 Å². The molecule has 0 aromatic carbocycles. The molecule has 0 aliphatic carbocycles. The Morgan fingerprint density at radius 2 is 2.12 bits per heavy atom. The van der Waals surface area contributed by atoms with Gasteiger partial charge in [0.05, 0.1) is 23.8 Å². The Bertz CT molecular complexity index is 373. The molecule has 2 aliphatic heterocycles. The number of hydroxylamine groups is 2. The van der Waals surface area contributed by atoms with Gasteiger partial charge in [-0.15, -0.1) is 5.06 Å². The molecular weight excluding hydrogens is 218 g/mol. The van der Waals surface area contributed by atoms with Gasteiger partial charge in [0, 0.05) is 0 Å². The second kappa shape index (κ2) is 3.73. The number of esters is 1. The first kappa shape index (κ1) is 12.4. The first-order valence-corrected chi connectivity index (χ1v) is 6.12. The Hall–Kier alpha value is -1.03. The van der Waals surface area contributed by atoms with Crippen LogP contribution >= 0.6 is 0 Å². The predicted octanol–water partition coefficient (Wildman–Crippen LogP) is 2.26. The van der Waals surface area contributed by atoms with Crippen LogP contribution in [-0.2, 0) is 14.4 Å². The van der Waals surface area contributed by atoms with Crippen LogP contribution in [0.3, 0.4) is 0 Å². The quantitative estimate of drug-likeness (QED) is 0.693. The highest BCUT2D eigenvalue weighted by molar-refractivity contribution is 5.91. The first-order chi connectivity index (χ1) is 7.86. The van der Waals surface area contributed by atoms with Gasteiger partial charge in [-0.1, -0.05) is 13.8 Å². The van der Waals surface area contributed by atoms with Gasteiger partial charge >= 0.3 is 5.97 Å². The lowest BCUT2D eigenvalue weighted by Gasteiger charge is -2.40. The molecule has 4 nitrogen and oxygen atoms in total. The molecular formula is C13H21NO3. The van der Waals surface area contributed by atoms with Crippen LogP contribution in [0.25, 0.3) is 0 Å². The summed E-state index contributed by atoms with van der Waals surface area (Å²) in [4.78, 5) is 17.5. The minimum atomic E-state index is -0.323. The van der Waals surface area contributed by atoms with Crippen molar-refractivity contribution in [3.05, 3.63) is 11.8 Å². The molecule has 0 radical (unpaired) electrons. The zero-order valence-electron chi connectivity index (χ0n) is 11.2. The highest BCUT2D eigenvalue weighted by Crippen LogP contribution is 2.52. The number of nitrogens with zero attached hydrogens (tertiary/aromatic N) is 1. The Morgan fingerprint density at radius 3 is 2.65 bits per heavy atom. The van der Waals surface area contributed by atoms with Gasteiger partial charge in [-0.25, -0.2) is 4.79 Å². The number of rotatable bonds is 2. The Morgan fingerprint density at radius 1 is 1.47 bits per heavy atom. The maximum absolute atomic E-state index is 11.9. The molecule has 4 heteroatoms. The van der Waals surface area contributed by atoms with Crippen molar-refractivity contribution in [2.45, 2.75) is 51.6 Å². The van der Waals surface area contributed by atoms with Crippen LogP contribution < -0.4 is 0 Å². The highest BCUT2D eigenvalue weighted by atomic mass is 16.7. The van der Waals surface area contributed by atoms with Crippen LogP contribution in [0.15, 0.2) is 11.8 Å². The molecule has 0 aromatic rings. The number of methoxy groups -OCH3 is 1. The average Bonchev–Trinajstić information content (AvgIpc) is 2.76. The van der Waals surface area contributed by atoms with Crippen LogP contribution in [0.1, 0.15) is 40.5 Å². The molecule has 17 heavy (non-hydrogen) atoms. The minimum absolute atomic E-state index is 0.0451. The maximum Gasteiger partial charge on any atom is 0.339 e. The van der Waals surface area contributed by atoms with Gasteiger partial charge in [-0.2, -0.15) is 0 Å². The fourth-order valence-electron chi connectivity index (χ4n) is 3.10. The van der Waals surface area contributed by atoms with Crippen molar-refractivity contribution >= 4 is 5.97 Å². The SMILES string of the molecule is COC(=O)C1=CON2C(C)(C)CCC12C(C)C. The molecule has 2 heterocycles. The van der Waals surface area contributed by atoms with E-state index in [0.717, 1.165) is 12.8 Å². The number of carbonyl (C=O) groups is 1. The van der Waals surface area contributed by atoms with Gasteiger partial charge < -0.3 is 9.57 Å². The lowest BCUT2D eigenvalue weighted by atomic mass is 9.79. The summed E-state index contributed by atoms with van der Waals surface area (Å²) < 4.78 is 4.87. The summed E-state index contributed by atoms with van der Waals surface area (Å²) in [5.74, 6) is 0.0241. The van der Waals surface area contributed by atoms with E-state index in [1.807, 2.05) is 5.06 Å². The lowest BCUT2D eigenvalue weighted by molar-refractivity contribution is -0.187. The summed E-state index contributed by atoms with van der Waals surface area (Å²) >= 11 is 0. The second-order valence-corrected chi connectivity index (χ2v) is 5.81. The average molecular weight is 239 g/mol. The summed E-state index contributed by atoms with van der Waals surface area (Å²) in [6, 6.07) is 0. The minimum Gasteiger partial charge on any atom is -0.466 e. The van der Waals surface area contributed by atoms with Crippen LogP contribution in [0, 0.1) is 5.92 Å². The summed E-state index contributed by atoms with van der Waals surface area (Å²) in [6.45, 7) is 8.54. The number of carbonyl (C=O) groups excluding carboxylic acids is 1. The summed E-state index contributed by atoms with van der Waals surface area (Å²) in [5, 5.41) is 1.98. The molecule has 2 aliphatic rings. The van der Waals surface area contributed by atoms with Crippen molar-refractivity contribution in [2.24, 2.45) is 5.92 Å². The first-order valence-electron chi connectivity index (χ1n) is 6.12. The fraction of sp³-hybridized carbons (Fsp3) is 0.769. The van der Waals surface area contributed by atoms with Gasteiger partial charge in [0.1, 0.15) is 6.26 Å². The third-order valence-corrected chi connectivity index (χ3v) is 4.13. The van der Waals surface area contributed by atoms with E-state index >= 15 is 0 Å². The third kappa shape index (κ3) is 1.50. The molecule has 0 N–H and O–H groups in total. The van der Waals surface area contributed by atoms with E-state index < -0.39 is 0 Å². The van der Waals surface area contributed by atoms with Crippen LogP contribution in [0.2, 0.25) is 0 Å². The molecule has 96 valence electrons. The van der Waals surface area contributed by atoms with Crippen LogP contribution in [0.5, 0.6) is 0 Å². The molecule has 0 spiro atoms. The topological polar surface area (TPSA) is 38.8 Å². The third-order valence-electron chi connectivity index (χ3n) is 4.13. The van der Waals surface area contributed by atoms with Crippen LogP contribution in [0.4, 0.5) is 0 Å². The molecule has 0 aromatic heterocycles. The summed E-state index contributed by atoms with van der Waals surface area (Å²) in [7, 11) is 1.42. The number of fused-ring (bicyclic) bond motifs is 1. The van der Waals surface area contributed by atoms with Crippen molar-refractivity contribution < 1.29 is 14.4 Å². The molecule has 0 saturated carbocycles. The largest absolute Gasteiger partial charge is 0.466 e. The van der Waals surface area contributed by atoms with Crippen molar-refractivity contribution in [1.82, 2.24) is 5.06 Å². The lowest BCUT2D eigenvalue weighted by Crippen LogP contribution is -2.52. The Balaban J connectivity index is 2.43. The molecule has 1 fully saturated rings. The van der Waals surface area contributed by atoms with E-state index in [0.29, 0.717) is 11.5 Å². The molecule has 0 bridgehead atoms. The Labute approximate surface area is 103 Å². The fourth-order valence-corrected chi connectivity index (χ4v) is 3.10. The van der Waals surface area contributed by atoms with E-state index in [9.17, 15) is 4.79 Å². The van der Waals surface area contributed by atoms with Crippen molar-refractivity contribution in [3.8, 4) is 0 Å². The monoisotopic (exact) mass is 239 g/mol. The molecule has 1 atom stereocenters. The smallest absolute Gasteiger partial charge is 0.339 e. The molecule has 1 unspecified atom stereocenters. The van der Waals surface area contributed by atoms with E-state index in [1.165, 1.54) is 7.11 Å². The maximum atomic E-state index is 11.9. The van der Waals surface area contributed by atoms with Crippen molar-refractivity contribution in [1.29, 1.82) is 0 Å². The molecule has 0 amide bonds. The number of hydrogen-bond donors (Lipinski definition) is 0. The van der Waals surface area contributed by atoms with Gasteiger partial charge in [0.2, 0.25) is 0 Å². The molecule has 1 saturated heterocycles. The normalized spacial score (nSPS) is 31.1.